The van der Waals surface area contributed by atoms with Gasteiger partial charge in [0.1, 0.15) is 5.69 Å². The van der Waals surface area contributed by atoms with E-state index < -0.39 is 0 Å². The second kappa shape index (κ2) is 8.53. The normalized spacial score (nSPS) is 10.9. The molecule has 5 nitrogen and oxygen atoms in total. The molecule has 0 radical (unpaired) electrons. The molecule has 112 valence electrons. The van der Waals surface area contributed by atoms with Gasteiger partial charge >= 0.3 is 0 Å². The molecule has 1 aromatic heterocycles. The quantitative estimate of drug-likeness (QED) is 0.712. The summed E-state index contributed by atoms with van der Waals surface area (Å²) in [6, 6.07) is 3.65. The van der Waals surface area contributed by atoms with E-state index in [0.717, 1.165) is 25.2 Å². The van der Waals surface area contributed by atoms with Gasteiger partial charge in [0.15, 0.2) is 0 Å². The highest BCUT2D eigenvalue weighted by Gasteiger charge is 2.06. The first-order valence-electron chi connectivity index (χ1n) is 7.12. The minimum atomic E-state index is -0.112. The van der Waals surface area contributed by atoms with Gasteiger partial charge in [-0.15, -0.1) is 0 Å². The molecule has 0 aliphatic carbocycles. The third kappa shape index (κ3) is 6.52. The first-order valence-corrected chi connectivity index (χ1v) is 7.12. The smallest absolute Gasteiger partial charge is 0.269 e. The Morgan fingerprint density at radius 3 is 2.65 bits per heavy atom. The SMILES string of the molecule is CC(C)CNc1ccc(C(=O)NCCCN(C)C)nc1. The molecule has 1 heterocycles. The molecular weight excluding hydrogens is 252 g/mol. The number of aromatic nitrogens is 1. The average Bonchev–Trinajstić information content (AvgIpc) is 2.41. The Kier molecular flexibility index (Phi) is 7.01. The van der Waals surface area contributed by atoms with Crippen LogP contribution in [-0.4, -0.2) is 49.5 Å². The fourth-order valence-corrected chi connectivity index (χ4v) is 1.64. The molecule has 0 spiro atoms. The summed E-state index contributed by atoms with van der Waals surface area (Å²) < 4.78 is 0. The summed E-state index contributed by atoms with van der Waals surface area (Å²) in [5.41, 5.74) is 1.41. The minimum absolute atomic E-state index is 0.112. The van der Waals surface area contributed by atoms with Crippen molar-refractivity contribution in [3.63, 3.8) is 0 Å². The number of carbonyl (C=O) groups excluding carboxylic acids is 1. The fraction of sp³-hybridized carbons (Fsp3) is 0.600. The van der Waals surface area contributed by atoms with E-state index in [0.29, 0.717) is 18.2 Å². The molecule has 20 heavy (non-hydrogen) atoms. The molecule has 0 fully saturated rings. The Balaban J connectivity index is 2.37. The number of hydrogen-bond acceptors (Lipinski definition) is 4. The van der Waals surface area contributed by atoms with Crippen molar-refractivity contribution in [1.29, 1.82) is 0 Å². The van der Waals surface area contributed by atoms with Gasteiger partial charge in [0, 0.05) is 13.1 Å². The van der Waals surface area contributed by atoms with Crippen molar-refractivity contribution < 1.29 is 4.79 Å². The lowest BCUT2D eigenvalue weighted by molar-refractivity contribution is 0.0947. The van der Waals surface area contributed by atoms with E-state index in [1.807, 2.05) is 20.2 Å². The maximum absolute atomic E-state index is 11.9. The van der Waals surface area contributed by atoms with Gasteiger partial charge in [0.05, 0.1) is 11.9 Å². The topological polar surface area (TPSA) is 57.3 Å². The molecule has 0 unspecified atom stereocenters. The maximum Gasteiger partial charge on any atom is 0.269 e. The van der Waals surface area contributed by atoms with Gasteiger partial charge in [0.25, 0.3) is 5.91 Å². The molecule has 0 aliphatic heterocycles. The molecule has 1 amide bonds. The van der Waals surface area contributed by atoms with Crippen LogP contribution in [0.2, 0.25) is 0 Å². The number of anilines is 1. The van der Waals surface area contributed by atoms with E-state index in [4.69, 9.17) is 0 Å². The molecule has 0 saturated carbocycles. The van der Waals surface area contributed by atoms with Gasteiger partial charge in [-0.1, -0.05) is 13.8 Å². The molecular formula is C15H26N4O. The molecule has 0 aliphatic rings. The summed E-state index contributed by atoms with van der Waals surface area (Å²) in [4.78, 5) is 18.1. The van der Waals surface area contributed by atoms with Crippen molar-refractivity contribution in [1.82, 2.24) is 15.2 Å². The van der Waals surface area contributed by atoms with Gasteiger partial charge in [0.2, 0.25) is 0 Å². The van der Waals surface area contributed by atoms with Crippen molar-refractivity contribution in [3.05, 3.63) is 24.0 Å². The number of carbonyl (C=O) groups is 1. The molecule has 0 bridgehead atoms. The minimum Gasteiger partial charge on any atom is -0.384 e. The predicted molar refractivity (Wildman–Crippen MR) is 83.1 cm³/mol. The Labute approximate surface area is 121 Å². The number of rotatable bonds is 8. The van der Waals surface area contributed by atoms with Crippen LogP contribution in [0.1, 0.15) is 30.8 Å². The summed E-state index contributed by atoms with van der Waals surface area (Å²) in [6.07, 6.45) is 2.64. The highest BCUT2D eigenvalue weighted by atomic mass is 16.1. The van der Waals surface area contributed by atoms with Crippen LogP contribution < -0.4 is 10.6 Å². The van der Waals surface area contributed by atoms with Crippen LogP contribution in [-0.2, 0) is 0 Å². The van der Waals surface area contributed by atoms with Crippen LogP contribution in [0.4, 0.5) is 5.69 Å². The van der Waals surface area contributed by atoms with Crippen LogP contribution in [0, 0.1) is 5.92 Å². The Morgan fingerprint density at radius 2 is 2.10 bits per heavy atom. The van der Waals surface area contributed by atoms with Crippen LogP contribution in [0.15, 0.2) is 18.3 Å². The van der Waals surface area contributed by atoms with E-state index in [9.17, 15) is 4.79 Å². The fourth-order valence-electron chi connectivity index (χ4n) is 1.64. The zero-order valence-electron chi connectivity index (χ0n) is 12.9. The standard InChI is InChI=1S/C15H26N4O/c1-12(2)10-17-13-6-7-14(18-11-13)15(20)16-8-5-9-19(3)4/h6-7,11-12,17H,5,8-10H2,1-4H3,(H,16,20). The number of nitrogens with one attached hydrogen (secondary N) is 2. The lowest BCUT2D eigenvalue weighted by Crippen LogP contribution is -2.27. The first-order chi connectivity index (χ1) is 9.49. The number of nitrogens with zero attached hydrogens (tertiary/aromatic N) is 2. The first kappa shape index (κ1) is 16.4. The summed E-state index contributed by atoms with van der Waals surface area (Å²) in [5, 5.41) is 6.15. The molecule has 1 aromatic rings. The largest absolute Gasteiger partial charge is 0.384 e. The zero-order valence-corrected chi connectivity index (χ0v) is 12.9. The Bertz CT molecular complexity index is 401. The number of pyridine rings is 1. The third-order valence-electron chi connectivity index (χ3n) is 2.78. The van der Waals surface area contributed by atoms with Gasteiger partial charge in [-0.2, -0.15) is 0 Å². The molecule has 5 heteroatoms. The highest BCUT2D eigenvalue weighted by Crippen LogP contribution is 2.07. The predicted octanol–water partition coefficient (Wildman–Crippen LogP) is 1.83. The van der Waals surface area contributed by atoms with Crippen molar-refractivity contribution >= 4 is 11.6 Å². The molecule has 0 saturated heterocycles. The third-order valence-corrected chi connectivity index (χ3v) is 2.78. The molecule has 0 aromatic carbocycles. The molecule has 0 atom stereocenters. The Morgan fingerprint density at radius 1 is 1.35 bits per heavy atom. The van der Waals surface area contributed by atoms with Crippen molar-refractivity contribution in [2.75, 3.05) is 39.0 Å². The van der Waals surface area contributed by atoms with Gasteiger partial charge in [-0.25, -0.2) is 4.98 Å². The van der Waals surface area contributed by atoms with Crippen molar-refractivity contribution in [2.45, 2.75) is 20.3 Å². The lowest BCUT2D eigenvalue weighted by Gasteiger charge is -2.10. The van der Waals surface area contributed by atoms with Crippen molar-refractivity contribution in [2.24, 2.45) is 5.92 Å². The highest BCUT2D eigenvalue weighted by molar-refractivity contribution is 5.92. The van der Waals surface area contributed by atoms with Crippen LogP contribution in [0.5, 0.6) is 0 Å². The van der Waals surface area contributed by atoms with Gasteiger partial charge in [-0.05, 0) is 45.1 Å². The molecule has 2 N–H and O–H groups in total. The number of amides is 1. The second-order valence-corrected chi connectivity index (χ2v) is 5.62. The van der Waals surface area contributed by atoms with Crippen LogP contribution >= 0.6 is 0 Å². The summed E-state index contributed by atoms with van der Waals surface area (Å²) in [5.74, 6) is 0.467. The monoisotopic (exact) mass is 278 g/mol. The van der Waals surface area contributed by atoms with Gasteiger partial charge in [-0.3, -0.25) is 4.79 Å². The second-order valence-electron chi connectivity index (χ2n) is 5.62. The maximum atomic E-state index is 11.9. The summed E-state index contributed by atoms with van der Waals surface area (Å²) in [6.45, 7) is 6.83. The average molecular weight is 278 g/mol. The van der Waals surface area contributed by atoms with Crippen LogP contribution in [0.3, 0.4) is 0 Å². The summed E-state index contributed by atoms with van der Waals surface area (Å²) in [7, 11) is 4.04. The Hall–Kier alpha value is -1.62. The van der Waals surface area contributed by atoms with E-state index in [2.05, 4.69) is 34.4 Å². The van der Waals surface area contributed by atoms with E-state index in [1.165, 1.54) is 0 Å². The van der Waals surface area contributed by atoms with E-state index in [-0.39, 0.29) is 5.91 Å². The van der Waals surface area contributed by atoms with Gasteiger partial charge < -0.3 is 15.5 Å². The van der Waals surface area contributed by atoms with Crippen LogP contribution in [0.25, 0.3) is 0 Å². The summed E-state index contributed by atoms with van der Waals surface area (Å²) >= 11 is 0. The lowest BCUT2D eigenvalue weighted by atomic mass is 10.2. The van der Waals surface area contributed by atoms with E-state index in [1.54, 1.807) is 12.3 Å². The van der Waals surface area contributed by atoms with Crippen molar-refractivity contribution in [3.8, 4) is 0 Å². The number of hydrogen-bond donors (Lipinski definition) is 2. The zero-order chi connectivity index (χ0) is 15.0. The molecule has 1 rings (SSSR count). The van der Waals surface area contributed by atoms with E-state index >= 15 is 0 Å².